The van der Waals surface area contributed by atoms with Crippen LogP contribution in [0.25, 0.3) is 10.9 Å². The maximum absolute atomic E-state index is 12.1. The molecule has 0 saturated carbocycles. The van der Waals surface area contributed by atoms with Crippen molar-refractivity contribution in [1.29, 1.82) is 0 Å². The van der Waals surface area contributed by atoms with Gasteiger partial charge >= 0.3 is 0 Å². The maximum atomic E-state index is 12.1. The maximum Gasteiger partial charge on any atom is 0.262 e. The Bertz CT molecular complexity index is 931. The van der Waals surface area contributed by atoms with E-state index < -0.39 is 0 Å². The number of aromatic nitrogens is 1. The van der Waals surface area contributed by atoms with E-state index >= 15 is 0 Å². The molecule has 0 unspecified atom stereocenters. The molecule has 2 N–H and O–H groups in total. The fraction of sp³-hybridized carbons (Fsp3) is 0.158. The second kappa shape index (κ2) is 7.00. The van der Waals surface area contributed by atoms with Crippen molar-refractivity contribution in [1.82, 2.24) is 4.98 Å². The van der Waals surface area contributed by atoms with Crippen LogP contribution in [0.2, 0.25) is 0 Å². The molecular weight excluding hydrogens is 304 g/mol. The van der Waals surface area contributed by atoms with Crippen LogP contribution in [0.5, 0.6) is 5.75 Å². The first kappa shape index (κ1) is 15.8. The van der Waals surface area contributed by atoms with Gasteiger partial charge in [0.15, 0.2) is 6.61 Å². The molecule has 0 aliphatic heterocycles. The Labute approximate surface area is 139 Å². The zero-order valence-electron chi connectivity index (χ0n) is 13.3. The fourth-order valence-electron chi connectivity index (χ4n) is 2.55. The first-order valence-corrected chi connectivity index (χ1v) is 7.80. The molecule has 122 valence electrons. The third kappa shape index (κ3) is 3.46. The fourth-order valence-corrected chi connectivity index (χ4v) is 2.55. The number of ether oxygens (including phenoxy) is 1. The largest absolute Gasteiger partial charge is 0.482 e. The van der Waals surface area contributed by atoms with Crippen LogP contribution < -0.4 is 15.6 Å². The number of amides is 1. The third-order valence-electron chi connectivity index (χ3n) is 3.75. The molecule has 0 aliphatic rings. The van der Waals surface area contributed by atoms with Crippen LogP contribution in [-0.4, -0.2) is 17.5 Å². The molecule has 1 amide bonds. The van der Waals surface area contributed by atoms with E-state index in [1.807, 2.05) is 43.3 Å². The molecular formula is C19H18N2O3. The lowest BCUT2D eigenvalue weighted by Crippen LogP contribution is -2.21. The summed E-state index contributed by atoms with van der Waals surface area (Å²) in [6.45, 7) is 1.90. The summed E-state index contributed by atoms with van der Waals surface area (Å²) in [6, 6.07) is 16.3. The van der Waals surface area contributed by atoms with Crippen molar-refractivity contribution in [3.05, 3.63) is 70.5 Å². The highest BCUT2D eigenvalue weighted by Crippen LogP contribution is 2.22. The standard InChI is InChI=1S/C19H18N2O3/c1-2-13-6-3-4-8-15(13)20-18(23)12-24-16-9-5-7-14-10-11-17(22)21-19(14)16/h3-11H,2,12H2,1H3,(H,20,23)(H,21,22). The van der Waals surface area contributed by atoms with Crippen LogP contribution in [0.1, 0.15) is 12.5 Å². The van der Waals surface area contributed by atoms with Gasteiger partial charge in [0.2, 0.25) is 5.56 Å². The zero-order valence-corrected chi connectivity index (χ0v) is 13.3. The van der Waals surface area contributed by atoms with Gasteiger partial charge in [-0.3, -0.25) is 9.59 Å². The van der Waals surface area contributed by atoms with Crippen LogP contribution in [-0.2, 0) is 11.2 Å². The summed E-state index contributed by atoms with van der Waals surface area (Å²) in [7, 11) is 0. The molecule has 0 fully saturated rings. The van der Waals surface area contributed by atoms with E-state index in [0.717, 1.165) is 23.1 Å². The molecule has 0 radical (unpaired) electrons. The smallest absolute Gasteiger partial charge is 0.262 e. The number of hydrogen-bond donors (Lipinski definition) is 2. The molecule has 3 aromatic rings. The predicted molar refractivity (Wildman–Crippen MR) is 94.5 cm³/mol. The number of benzene rings is 2. The number of aromatic amines is 1. The molecule has 3 rings (SSSR count). The number of pyridine rings is 1. The number of hydrogen-bond acceptors (Lipinski definition) is 3. The van der Waals surface area contributed by atoms with Gasteiger partial charge in [0.05, 0.1) is 5.52 Å². The number of carbonyl (C=O) groups excluding carboxylic acids is 1. The van der Waals surface area contributed by atoms with E-state index in [4.69, 9.17) is 4.74 Å². The molecule has 0 atom stereocenters. The van der Waals surface area contributed by atoms with Crippen molar-refractivity contribution in [3.8, 4) is 5.75 Å². The molecule has 0 saturated heterocycles. The summed E-state index contributed by atoms with van der Waals surface area (Å²) in [5.74, 6) is 0.232. The first-order chi connectivity index (χ1) is 11.7. The van der Waals surface area contributed by atoms with E-state index in [9.17, 15) is 9.59 Å². The quantitative estimate of drug-likeness (QED) is 0.758. The van der Waals surface area contributed by atoms with Gasteiger partial charge in [0, 0.05) is 17.1 Å². The van der Waals surface area contributed by atoms with Gasteiger partial charge in [-0.05, 0) is 30.2 Å². The van der Waals surface area contributed by atoms with Gasteiger partial charge in [-0.2, -0.15) is 0 Å². The molecule has 1 heterocycles. The van der Waals surface area contributed by atoms with E-state index in [0.29, 0.717) is 11.3 Å². The first-order valence-electron chi connectivity index (χ1n) is 7.80. The molecule has 1 aromatic heterocycles. The molecule has 0 spiro atoms. The van der Waals surface area contributed by atoms with Gasteiger partial charge in [-0.25, -0.2) is 0 Å². The summed E-state index contributed by atoms with van der Waals surface area (Å²) in [5, 5.41) is 3.71. The second-order valence-corrected chi connectivity index (χ2v) is 5.39. The van der Waals surface area contributed by atoms with Crippen molar-refractivity contribution < 1.29 is 9.53 Å². The van der Waals surface area contributed by atoms with E-state index in [1.54, 1.807) is 12.1 Å². The Balaban J connectivity index is 1.73. The number of carbonyl (C=O) groups is 1. The highest BCUT2D eigenvalue weighted by molar-refractivity contribution is 5.93. The molecule has 5 nitrogen and oxygen atoms in total. The summed E-state index contributed by atoms with van der Waals surface area (Å²) in [4.78, 5) is 26.4. The number of rotatable bonds is 5. The summed E-state index contributed by atoms with van der Waals surface area (Å²) >= 11 is 0. The Kier molecular flexibility index (Phi) is 4.61. The monoisotopic (exact) mass is 322 g/mol. The van der Waals surface area contributed by atoms with Crippen molar-refractivity contribution >= 4 is 22.5 Å². The Morgan fingerprint density at radius 1 is 1.08 bits per heavy atom. The summed E-state index contributed by atoms with van der Waals surface area (Å²) in [5.41, 5.74) is 2.24. The lowest BCUT2D eigenvalue weighted by molar-refractivity contribution is -0.118. The number of aryl methyl sites for hydroxylation is 1. The Morgan fingerprint density at radius 3 is 2.75 bits per heavy atom. The highest BCUT2D eigenvalue weighted by atomic mass is 16.5. The van der Waals surface area contributed by atoms with E-state index in [1.165, 1.54) is 6.07 Å². The SMILES string of the molecule is CCc1ccccc1NC(=O)COc1cccc2ccc(=O)[nH]c12. The van der Waals surface area contributed by atoms with E-state index in [2.05, 4.69) is 10.3 Å². The van der Waals surface area contributed by atoms with Gasteiger partial charge in [-0.15, -0.1) is 0 Å². The Morgan fingerprint density at radius 2 is 1.92 bits per heavy atom. The number of anilines is 1. The molecule has 0 aliphatic carbocycles. The lowest BCUT2D eigenvalue weighted by Gasteiger charge is -2.11. The average Bonchev–Trinajstić information content (AvgIpc) is 2.60. The topological polar surface area (TPSA) is 71.2 Å². The van der Waals surface area contributed by atoms with Crippen LogP contribution in [0, 0.1) is 0 Å². The van der Waals surface area contributed by atoms with Gasteiger partial charge in [0.1, 0.15) is 5.75 Å². The van der Waals surface area contributed by atoms with Crippen LogP contribution in [0.15, 0.2) is 59.4 Å². The summed E-state index contributed by atoms with van der Waals surface area (Å²) < 4.78 is 5.60. The van der Waals surface area contributed by atoms with E-state index in [-0.39, 0.29) is 18.1 Å². The molecule has 2 aromatic carbocycles. The summed E-state index contributed by atoms with van der Waals surface area (Å²) in [6.07, 6.45) is 0.835. The zero-order chi connectivity index (χ0) is 16.9. The van der Waals surface area contributed by atoms with Crippen molar-refractivity contribution in [2.45, 2.75) is 13.3 Å². The van der Waals surface area contributed by atoms with Crippen molar-refractivity contribution in [2.24, 2.45) is 0 Å². The van der Waals surface area contributed by atoms with Crippen molar-refractivity contribution in [2.75, 3.05) is 11.9 Å². The molecule has 24 heavy (non-hydrogen) atoms. The predicted octanol–water partition coefficient (Wildman–Crippen LogP) is 3.11. The number of fused-ring (bicyclic) bond motifs is 1. The van der Waals surface area contributed by atoms with Gasteiger partial charge < -0.3 is 15.0 Å². The average molecular weight is 322 g/mol. The van der Waals surface area contributed by atoms with Crippen molar-refractivity contribution in [3.63, 3.8) is 0 Å². The van der Waals surface area contributed by atoms with Crippen LogP contribution in [0.3, 0.4) is 0 Å². The second-order valence-electron chi connectivity index (χ2n) is 5.39. The van der Waals surface area contributed by atoms with Crippen LogP contribution in [0.4, 0.5) is 5.69 Å². The normalized spacial score (nSPS) is 10.5. The minimum absolute atomic E-state index is 0.131. The minimum atomic E-state index is -0.244. The number of nitrogens with one attached hydrogen (secondary N) is 2. The number of para-hydroxylation sites is 2. The Hall–Kier alpha value is -3.08. The van der Waals surface area contributed by atoms with Gasteiger partial charge in [0.25, 0.3) is 5.91 Å². The molecule has 0 bridgehead atoms. The third-order valence-corrected chi connectivity index (χ3v) is 3.75. The highest BCUT2D eigenvalue weighted by Gasteiger charge is 2.08. The molecule has 5 heteroatoms. The van der Waals surface area contributed by atoms with Crippen LogP contribution >= 0.6 is 0 Å². The number of H-pyrrole nitrogens is 1. The van der Waals surface area contributed by atoms with Gasteiger partial charge in [-0.1, -0.05) is 37.3 Å². The minimum Gasteiger partial charge on any atom is -0.482 e. The lowest BCUT2D eigenvalue weighted by atomic mass is 10.1.